The van der Waals surface area contributed by atoms with Crippen molar-refractivity contribution in [1.29, 1.82) is 0 Å². The quantitative estimate of drug-likeness (QED) is 0.740. The van der Waals surface area contributed by atoms with Crippen LogP contribution in [0.1, 0.15) is 31.0 Å². The van der Waals surface area contributed by atoms with Crippen LogP contribution in [0.25, 0.3) is 11.2 Å². The third-order valence-corrected chi connectivity index (χ3v) is 3.60. The standard InChI is InChI=1S/C17H18N4O2/c1-11(2)14-16(22)21(10-12-7-5-4-6-8-12)15-13(19-14)9-18-17(20-15)23-3/h4-9,11H,10H2,1-3H3. The maximum atomic E-state index is 12.8. The second-order valence-corrected chi connectivity index (χ2v) is 5.59. The Morgan fingerprint density at radius 2 is 1.91 bits per heavy atom. The summed E-state index contributed by atoms with van der Waals surface area (Å²) in [5, 5.41) is 0. The minimum atomic E-state index is -0.128. The predicted molar refractivity (Wildman–Crippen MR) is 87.8 cm³/mol. The Hall–Kier alpha value is -2.76. The smallest absolute Gasteiger partial charge is 0.318 e. The summed E-state index contributed by atoms with van der Waals surface area (Å²) in [6, 6.07) is 10.0. The minimum absolute atomic E-state index is 0.0241. The summed E-state index contributed by atoms with van der Waals surface area (Å²) < 4.78 is 6.72. The number of fused-ring (bicyclic) bond motifs is 1. The van der Waals surface area contributed by atoms with Gasteiger partial charge in [0.2, 0.25) is 0 Å². The van der Waals surface area contributed by atoms with Crippen LogP contribution in [0.15, 0.2) is 41.3 Å². The second-order valence-electron chi connectivity index (χ2n) is 5.59. The van der Waals surface area contributed by atoms with Crippen LogP contribution in [-0.2, 0) is 6.54 Å². The van der Waals surface area contributed by atoms with Gasteiger partial charge in [0.15, 0.2) is 5.65 Å². The molecule has 0 spiro atoms. The van der Waals surface area contributed by atoms with E-state index < -0.39 is 0 Å². The number of ether oxygens (including phenoxy) is 1. The Kier molecular flexibility index (Phi) is 4.06. The maximum absolute atomic E-state index is 12.8. The first-order valence-corrected chi connectivity index (χ1v) is 7.45. The molecule has 2 aromatic heterocycles. The molecule has 0 saturated heterocycles. The van der Waals surface area contributed by atoms with E-state index in [-0.39, 0.29) is 17.5 Å². The molecule has 0 aliphatic carbocycles. The largest absolute Gasteiger partial charge is 0.467 e. The van der Waals surface area contributed by atoms with E-state index >= 15 is 0 Å². The van der Waals surface area contributed by atoms with Crippen LogP contribution >= 0.6 is 0 Å². The zero-order valence-electron chi connectivity index (χ0n) is 13.4. The fraction of sp³-hybridized carbons (Fsp3) is 0.294. The van der Waals surface area contributed by atoms with Crippen molar-refractivity contribution < 1.29 is 4.74 Å². The van der Waals surface area contributed by atoms with Gasteiger partial charge in [0, 0.05) is 5.92 Å². The monoisotopic (exact) mass is 310 g/mol. The van der Waals surface area contributed by atoms with Crippen molar-refractivity contribution in [3.8, 4) is 6.01 Å². The van der Waals surface area contributed by atoms with Crippen LogP contribution in [0, 0.1) is 0 Å². The highest BCUT2D eigenvalue weighted by molar-refractivity contribution is 5.69. The van der Waals surface area contributed by atoms with Gasteiger partial charge in [-0.05, 0) is 5.56 Å². The molecule has 0 fully saturated rings. The van der Waals surface area contributed by atoms with E-state index in [1.165, 1.54) is 7.11 Å². The van der Waals surface area contributed by atoms with E-state index in [9.17, 15) is 4.79 Å². The van der Waals surface area contributed by atoms with Crippen molar-refractivity contribution in [2.45, 2.75) is 26.3 Å². The van der Waals surface area contributed by atoms with Crippen LogP contribution in [0.5, 0.6) is 6.01 Å². The molecule has 0 bridgehead atoms. The highest BCUT2D eigenvalue weighted by Crippen LogP contribution is 2.15. The van der Waals surface area contributed by atoms with E-state index in [2.05, 4.69) is 15.0 Å². The lowest BCUT2D eigenvalue weighted by atomic mass is 10.1. The molecule has 3 aromatic rings. The second kappa shape index (κ2) is 6.16. The van der Waals surface area contributed by atoms with E-state index in [4.69, 9.17) is 4.74 Å². The van der Waals surface area contributed by atoms with Crippen molar-refractivity contribution >= 4 is 11.2 Å². The number of benzene rings is 1. The molecule has 0 saturated carbocycles. The molecule has 0 aliphatic rings. The van der Waals surface area contributed by atoms with Gasteiger partial charge < -0.3 is 4.74 Å². The average molecular weight is 310 g/mol. The van der Waals surface area contributed by atoms with Crippen molar-refractivity contribution in [2.24, 2.45) is 0 Å². The summed E-state index contributed by atoms with van der Waals surface area (Å²) in [6.45, 7) is 4.33. The summed E-state index contributed by atoms with van der Waals surface area (Å²) in [5.41, 5.74) is 2.48. The highest BCUT2D eigenvalue weighted by atomic mass is 16.5. The molecule has 0 amide bonds. The van der Waals surface area contributed by atoms with Gasteiger partial charge in [-0.2, -0.15) is 4.98 Å². The molecule has 2 heterocycles. The third kappa shape index (κ3) is 2.92. The zero-order chi connectivity index (χ0) is 16.4. The Morgan fingerprint density at radius 1 is 1.17 bits per heavy atom. The Morgan fingerprint density at radius 3 is 2.57 bits per heavy atom. The molecule has 118 valence electrons. The van der Waals surface area contributed by atoms with Crippen molar-refractivity contribution in [3.63, 3.8) is 0 Å². The van der Waals surface area contributed by atoms with Crippen molar-refractivity contribution in [1.82, 2.24) is 19.5 Å². The molecule has 0 N–H and O–H groups in total. The zero-order valence-corrected chi connectivity index (χ0v) is 13.4. The molecule has 0 unspecified atom stereocenters. The third-order valence-electron chi connectivity index (χ3n) is 3.60. The highest BCUT2D eigenvalue weighted by Gasteiger charge is 2.16. The Labute approximate surface area is 133 Å². The van der Waals surface area contributed by atoms with Crippen LogP contribution in [0.3, 0.4) is 0 Å². The normalized spacial score (nSPS) is 11.1. The first-order valence-electron chi connectivity index (χ1n) is 7.45. The van der Waals surface area contributed by atoms with E-state index in [0.29, 0.717) is 23.4 Å². The number of hydrogen-bond donors (Lipinski definition) is 0. The lowest BCUT2D eigenvalue weighted by Gasteiger charge is -2.13. The molecule has 3 rings (SSSR count). The summed E-state index contributed by atoms with van der Waals surface area (Å²) >= 11 is 0. The Bertz CT molecular complexity index is 888. The van der Waals surface area contributed by atoms with Crippen LogP contribution in [0.4, 0.5) is 0 Å². The van der Waals surface area contributed by atoms with Gasteiger partial charge in [-0.3, -0.25) is 9.36 Å². The van der Waals surface area contributed by atoms with Gasteiger partial charge >= 0.3 is 6.01 Å². The number of hydrogen-bond acceptors (Lipinski definition) is 5. The van der Waals surface area contributed by atoms with E-state index in [0.717, 1.165) is 5.56 Å². The fourth-order valence-corrected chi connectivity index (χ4v) is 2.43. The first kappa shape index (κ1) is 15.1. The SMILES string of the molecule is COc1ncc2nc(C(C)C)c(=O)n(Cc3ccccc3)c2n1. The number of rotatable bonds is 4. The summed E-state index contributed by atoms with van der Waals surface area (Å²) in [7, 11) is 1.50. The van der Waals surface area contributed by atoms with E-state index in [1.807, 2.05) is 44.2 Å². The molecule has 6 heteroatoms. The molecule has 0 radical (unpaired) electrons. The molecule has 1 aromatic carbocycles. The summed E-state index contributed by atoms with van der Waals surface area (Å²) in [4.78, 5) is 25.7. The number of nitrogens with zero attached hydrogens (tertiary/aromatic N) is 4. The number of aromatic nitrogens is 4. The lowest BCUT2D eigenvalue weighted by Crippen LogP contribution is -2.27. The van der Waals surface area contributed by atoms with Crippen molar-refractivity contribution in [2.75, 3.05) is 7.11 Å². The van der Waals surface area contributed by atoms with Crippen LogP contribution in [0.2, 0.25) is 0 Å². The maximum Gasteiger partial charge on any atom is 0.318 e. The van der Waals surface area contributed by atoms with Gasteiger partial charge in [0.1, 0.15) is 11.2 Å². The first-order chi connectivity index (χ1) is 11.1. The molecular weight excluding hydrogens is 292 g/mol. The van der Waals surface area contributed by atoms with Gasteiger partial charge in [-0.25, -0.2) is 9.97 Å². The molecule has 23 heavy (non-hydrogen) atoms. The molecule has 0 atom stereocenters. The summed E-state index contributed by atoms with van der Waals surface area (Å²) in [6.07, 6.45) is 1.59. The van der Waals surface area contributed by atoms with Gasteiger partial charge in [0.25, 0.3) is 5.56 Å². The summed E-state index contributed by atoms with van der Waals surface area (Å²) in [5.74, 6) is 0.0241. The van der Waals surface area contributed by atoms with E-state index in [1.54, 1.807) is 10.8 Å². The van der Waals surface area contributed by atoms with Crippen LogP contribution in [-0.4, -0.2) is 26.6 Å². The van der Waals surface area contributed by atoms with Gasteiger partial charge in [0.05, 0.1) is 19.9 Å². The average Bonchev–Trinajstić information content (AvgIpc) is 2.57. The molecule has 6 nitrogen and oxygen atoms in total. The van der Waals surface area contributed by atoms with Crippen LogP contribution < -0.4 is 10.3 Å². The Balaban J connectivity index is 2.26. The molecule has 0 aliphatic heterocycles. The fourth-order valence-electron chi connectivity index (χ4n) is 2.43. The van der Waals surface area contributed by atoms with Gasteiger partial charge in [-0.15, -0.1) is 0 Å². The minimum Gasteiger partial charge on any atom is -0.467 e. The lowest BCUT2D eigenvalue weighted by molar-refractivity contribution is 0.381. The molecular formula is C17H18N4O2. The van der Waals surface area contributed by atoms with Crippen molar-refractivity contribution in [3.05, 3.63) is 58.1 Å². The number of methoxy groups -OCH3 is 1. The topological polar surface area (TPSA) is 69.9 Å². The predicted octanol–water partition coefficient (Wildman–Crippen LogP) is 2.37. The van der Waals surface area contributed by atoms with Gasteiger partial charge in [-0.1, -0.05) is 44.2 Å².